The fraction of sp³-hybridized carbons (Fsp3) is 0.379. The second kappa shape index (κ2) is 9.88. The molecule has 1 aliphatic carbocycles. The van der Waals surface area contributed by atoms with Crippen LogP contribution < -0.4 is 15.5 Å². The topological polar surface area (TPSA) is 61.4 Å². The minimum atomic E-state index is -0.860. The van der Waals surface area contributed by atoms with Crippen LogP contribution in [0.5, 0.6) is 0 Å². The van der Waals surface area contributed by atoms with Gasteiger partial charge in [-0.1, -0.05) is 26.0 Å². The molecule has 1 heterocycles. The van der Waals surface area contributed by atoms with E-state index in [4.69, 9.17) is 0 Å². The van der Waals surface area contributed by atoms with E-state index in [1.54, 1.807) is 6.92 Å². The average Bonchev–Trinajstić information content (AvgIpc) is 2.80. The first-order valence-electron chi connectivity index (χ1n) is 12.4. The van der Waals surface area contributed by atoms with Crippen molar-refractivity contribution in [2.24, 2.45) is 5.41 Å². The zero-order valence-corrected chi connectivity index (χ0v) is 21.5. The predicted molar refractivity (Wildman–Crippen MR) is 139 cm³/mol. The summed E-state index contributed by atoms with van der Waals surface area (Å²) in [7, 11) is 0. The van der Waals surface area contributed by atoms with E-state index in [9.17, 15) is 18.4 Å². The third-order valence-electron chi connectivity index (χ3n) is 7.02. The molecule has 2 N–H and O–H groups in total. The Kier molecular flexibility index (Phi) is 7.03. The maximum Gasteiger partial charge on any atom is 0.254 e. The second-order valence-corrected chi connectivity index (χ2v) is 10.3. The Morgan fingerprint density at radius 1 is 1.08 bits per heavy atom. The van der Waals surface area contributed by atoms with Gasteiger partial charge in [0.1, 0.15) is 11.6 Å². The third kappa shape index (κ3) is 4.92. The molecule has 1 unspecified atom stereocenters. The smallest absolute Gasteiger partial charge is 0.254 e. The number of dihydropyridines is 1. The minimum absolute atomic E-state index is 0.00247. The maximum absolute atomic E-state index is 14.3. The van der Waals surface area contributed by atoms with Gasteiger partial charge in [-0.25, -0.2) is 8.78 Å². The van der Waals surface area contributed by atoms with Crippen LogP contribution in [0.1, 0.15) is 58.9 Å². The SMILES string of the molecule is CCN(CC)c1ccc(C2C(C(=O)Nc3ccc(F)cc3F)=C(C)NC3=C2C(=O)CC(C)(C)C3)cc1. The van der Waals surface area contributed by atoms with Gasteiger partial charge in [-0.2, -0.15) is 0 Å². The Bertz CT molecular complexity index is 1260. The normalized spacial score (nSPS) is 19.1. The molecule has 1 atom stereocenters. The molecule has 2 aliphatic rings. The van der Waals surface area contributed by atoms with Crippen molar-refractivity contribution in [3.63, 3.8) is 0 Å². The van der Waals surface area contributed by atoms with Gasteiger partial charge in [-0.3, -0.25) is 9.59 Å². The van der Waals surface area contributed by atoms with Crippen LogP contribution in [0.15, 0.2) is 65.0 Å². The number of benzene rings is 2. The predicted octanol–water partition coefficient (Wildman–Crippen LogP) is 6.05. The molecule has 5 nitrogen and oxygen atoms in total. The van der Waals surface area contributed by atoms with E-state index in [0.717, 1.165) is 42.2 Å². The van der Waals surface area contributed by atoms with Crippen LogP contribution >= 0.6 is 0 Å². The summed E-state index contributed by atoms with van der Waals surface area (Å²) >= 11 is 0. The van der Waals surface area contributed by atoms with Crippen molar-refractivity contribution in [2.45, 2.75) is 53.4 Å². The molecule has 0 saturated heterocycles. The van der Waals surface area contributed by atoms with E-state index >= 15 is 0 Å². The lowest BCUT2D eigenvalue weighted by molar-refractivity contribution is -0.118. The lowest BCUT2D eigenvalue weighted by Gasteiger charge is -2.39. The summed E-state index contributed by atoms with van der Waals surface area (Å²) in [6.07, 6.45) is 1.06. The standard InChI is InChI=1S/C29H33F2N3O2/c1-6-34(7-2)20-11-8-18(9-12-20)26-25(28(36)33-22-13-10-19(30)14-21(22)31)17(3)32-23-15-29(4,5)16-24(35)27(23)26/h8-14,26,32H,6-7,15-16H2,1-5H3,(H,33,36). The molecule has 7 heteroatoms. The molecule has 2 aromatic rings. The fourth-order valence-corrected chi connectivity index (χ4v) is 5.32. The Labute approximate surface area is 211 Å². The zero-order chi connectivity index (χ0) is 26.2. The highest BCUT2D eigenvalue weighted by Gasteiger charge is 2.42. The number of hydrogen-bond acceptors (Lipinski definition) is 4. The number of anilines is 2. The van der Waals surface area contributed by atoms with Gasteiger partial charge in [0.25, 0.3) is 5.91 Å². The number of nitrogens with zero attached hydrogens (tertiary/aromatic N) is 1. The number of ketones is 1. The van der Waals surface area contributed by atoms with Crippen molar-refractivity contribution in [1.29, 1.82) is 0 Å². The molecule has 0 saturated carbocycles. The first-order chi connectivity index (χ1) is 17.0. The molecular weight excluding hydrogens is 460 g/mol. The van der Waals surface area contributed by atoms with Gasteiger partial charge in [0.05, 0.1) is 5.69 Å². The number of nitrogens with one attached hydrogen (secondary N) is 2. The first kappa shape index (κ1) is 25.6. The highest BCUT2D eigenvalue weighted by molar-refractivity contribution is 6.10. The van der Waals surface area contributed by atoms with Gasteiger partial charge in [-0.15, -0.1) is 0 Å². The van der Waals surface area contributed by atoms with Crippen LogP contribution in [0.4, 0.5) is 20.2 Å². The molecule has 0 radical (unpaired) electrons. The van der Waals surface area contributed by atoms with E-state index in [-0.39, 0.29) is 16.9 Å². The van der Waals surface area contributed by atoms with Crippen LogP contribution in [0.3, 0.4) is 0 Å². The lowest BCUT2D eigenvalue weighted by Crippen LogP contribution is -2.39. The summed E-state index contributed by atoms with van der Waals surface area (Å²) in [5.74, 6) is -2.72. The number of carbonyl (C=O) groups is 2. The van der Waals surface area contributed by atoms with Gasteiger partial charge < -0.3 is 15.5 Å². The van der Waals surface area contributed by atoms with Crippen molar-refractivity contribution in [2.75, 3.05) is 23.3 Å². The molecule has 190 valence electrons. The quantitative estimate of drug-likeness (QED) is 0.514. The van der Waals surface area contributed by atoms with Gasteiger partial charge in [0, 0.05) is 59.7 Å². The molecule has 1 aliphatic heterocycles. The monoisotopic (exact) mass is 493 g/mol. The Hall–Kier alpha value is -3.48. The van der Waals surface area contributed by atoms with Crippen molar-refractivity contribution >= 4 is 23.1 Å². The molecule has 4 rings (SSSR count). The number of halogens is 2. The molecule has 2 aromatic carbocycles. The van der Waals surface area contributed by atoms with E-state index in [1.165, 1.54) is 6.07 Å². The van der Waals surface area contributed by atoms with Gasteiger partial charge in [0.2, 0.25) is 0 Å². The number of rotatable bonds is 6. The summed E-state index contributed by atoms with van der Waals surface area (Å²) < 4.78 is 27.7. The van der Waals surface area contributed by atoms with Crippen LogP contribution in [0.25, 0.3) is 0 Å². The first-order valence-corrected chi connectivity index (χ1v) is 12.4. The number of Topliss-reactive ketones (excluding diaryl/α,β-unsaturated/α-hetero) is 1. The summed E-state index contributed by atoms with van der Waals surface area (Å²) in [5.41, 5.74) is 3.93. The Morgan fingerprint density at radius 2 is 1.75 bits per heavy atom. The highest BCUT2D eigenvalue weighted by Crippen LogP contribution is 2.47. The molecule has 0 bridgehead atoms. The number of amides is 1. The Morgan fingerprint density at radius 3 is 2.36 bits per heavy atom. The molecule has 36 heavy (non-hydrogen) atoms. The van der Waals surface area contributed by atoms with Crippen molar-refractivity contribution < 1.29 is 18.4 Å². The van der Waals surface area contributed by atoms with Gasteiger partial charge in [-0.05, 0) is 62.4 Å². The van der Waals surface area contributed by atoms with Gasteiger partial charge >= 0.3 is 0 Å². The number of hydrogen-bond donors (Lipinski definition) is 2. The molecule has 0 spiro atoms. The summed E-state index contributed by atoms with van der Waals surface area (Å²) in [4.78, 5) is 29.2. The molecule has 0 aromatic heterocycles. The van der Waals surface area contributed by atoms with Crippen molar-refractivity contribution in [3.8, 4) is 0 Å². The van der Waals surface area contributed by atoms with Crippen LogP contribution in [-0.2, 0) is 9.59 Å². The second-order valence-electron chi connectivity index (χ2n) is 10.3. The van der Waals surface area contributed by atoms with Gasteiger partial charge in [0.15, 0.2) is 5.78 Å². The fourth-order valence-electron chi connectivity index (χ4n) is 5.32. The lowest BCUT2D eigenvalue weighted by atomic mass is 9.68. The third-order valence-corrected chi connectivity index (χ3v) is 7.02. The number of carbonyl (C=O) groups excluding carboxylic acids is 2. The largest absolute Gasteiger partial charge is 0.372 e. The minimum Gasteiger partial charge on any atom is -0.372 e. The molecule has 0 fully saturated rings. The molecule has 1 amide bonds. The summed E-state index contributed by atoms with van der Waals surface area (Å²) in [5, 5.41) is 5.90. The van der Waals surface area contributed by atoms with Crippen LogP contribution in [-0.4, -0.2) is 24.8 Å². The van der Waals surface area contributed by atoms with E-state index in [1.807, 2.05) is 24.3 Å². The zero-order valence-electron chi connectivity index (χ0n) is 21.5. The number of allylic oxidation sites excluding steroid dienone is 3. The molecular formula is C29H33F2N3O2. The van der Waals surface area contributed by atoms with E-state index in [0.29, 0.717) is 29.7 Å². The maximum atomic E-state index is 14.3. The van der Waals surface area contributed by atoms with Crippen LogP contribution in [0, 0.1) is 17.0 Å². The van der Waals surface area contributed by atoms with E-state index < -0.39 is 23.5 Å². The highest BCUT2D eigenvalue weighted by atomic mass is 19.1. The van der Waals surface area contributed by atoms with E-state index in [2.05, 4.69) is 43.2 Å². The van der Waals surface area contributed by atoms with Crippen molar-refractivity contribution in [1.82, 2.24) is 5.32 Å². The summed E-state index contributed by atoms with van der Waals surface area (Å²) in [6, 6.07) is 10.9. The summed E-state index contributed by atoms with van der Waals surface area (Å²) in [6.45, 7) is 11.8. The van der Waals surface area contributed by atoms with Crippen molar-refractivity contribution in [3.05, 3.63) is 82.2 Å². The average molecular weight is 494 g/mol. The Balaban J connectivity index is 1.79. The van der Waals surface area contributed by atoms with Crippen LogP contribution in [0.2, 0.25) is 0 Å².